The summed E-state index contributed by atoms with van der Waals surface area (Å²) < 4.78 is 0. The summed E-state index contributed by atoms with van der Waals surface area (Å²) in [6.07, 6.45) is 9.95. The van der Waals surface area contributed by atoms with Crippen molar-refractivity contribution in [3.05, 3.63) is 25.3 Å². The third-order valence-corrected chi connectivity index (χ3v) is 3.93. The van der Waals surface area contributed by atoms with Crippen molar-refractivity contribution in [3.8, 4) is 0 Å². The highest BCUT2D eigenvalue weighted by atomic mass is 16.2. The van der Waals surface area contributed by atoms with E-state index < -0.39 is 0 Å². The van der Waals surface area contributed by atoms with Crippen LogP contribution in [0, 0.1) is 5.41 Å². The van der Waals surface area contributed by atoms with E-state index in [0.29, 0.717) is 26.1 Å². The van der Waals surface area contributed by atoms with Crippen LogP contribution in [0.4, 0.5) is 0 Å². The number of carbonyl (C=O) groups excluding carboxylic acids is 1. The standard InChI is InChI=1S/C15H26N2O/c1-3-10-17(11-4-2)14(18)12-15(13-16)8-6-5-7-9-15/h3-4H,1-2,5-13,16H2. The third kappa shape index (κ3) is 3.98. The number of amides is 1. The van der Waals surface area contributed by atoms with Crippen LogP contribution in [-0.2, 0) is 4.79 Å². The first-order chi connectivity index (χ1) is 8.67. The molecule has 2 N–H and O–H groups in total. The maximum atomic E-state index is 12.3. The lowest BCUT2D eigenvalue weighted by Crippen LogP contribution is -2.40. The Bertz CT molecular complexity index is 283. The fraction of sp³-hybridized carbons (Fsp3) is 0.667. The van der Waals surface area contributed by atoms with Gasteiger partial charge in [0.2, 0.25) is 5.91 Å². The van der Waals surface area contributed by atoms with Gasteiger partial charge in [-0.25, -0.2) is 0 Å². The van der Waals surface area contributed by atoms with Crippen LogP contribution in [-0.4, -0.2) is 30.4 Å². The van der Waals surface area contributed by atoms with Crippen molar-refractivity contribution in [1.82, 2.24) is 4.90 Å². The maximum absolute atomic E-state index is 12.3. The average Bonchev–Trinajstić information content (AvgIpc) is 2.39. The predicted molar refractivity (Wildman–Crippen MR) is 76.2 cm³/mol. The van der Waals surface area contributed by atoms with Crippen molar-refractivity contribution in [2.75, 3.05) is 19.6 Å². The van der Waals surface area contributed by atoms with Crippen molar-refractivity contribution < 1.29 is 4.79 Å². The SMILES string of the molecule is C=CCN(CC=C)C(=O)CC1(CN)CCCCC1. The van der Waals surface area contributed by atoms with Crippen molar-refractivity contribution >= 4 is 5.91 Å². The van der Waals surface area contributed by atoms with Crippen LogP contribution < -0.4 is 5.73 Å². The van der Waals surface area contributed by atoms with Crippen LogP contribution >= 0.6 is 0 Å². The van der Waals surface area contributed by atoms with Crippen LogP contribution in [0.5, 0.6) is 0 Å². The summed E-state index contributed by atoms with van der Waals surface area (Å²) in [7, 11) is 0. The monoisotopic (exact) mass is 250 g/mol. The number of nitrogens with two attached hydrogens (primary N) is 1. The lowest BCUT2D eigenvalue weighted by Gasteiger charge is -2.37. The molecule has 0 saturated heterocycles. The van der Waals surface area contributed by atoms with Gasteiger partial charge in [0.05, 0.1) is 0 Å². The van der Waals surface area contributed by atoms with Crippen molar-refractivity contribution in [2.45, 2.75) is 38.5 Å². The van der Waals surface area contributed by atoms with Gasteiger partial charge in [0, 0.05) is 19.5 Å². The minimum absolute atomic E-state index is 0.0376. The summed E-state index contributed by atoms with van der Waals surface area (Å²) in [5.41, 5.74) is 5.96. The molecule has 1 rings (SSSR count). The molecule has 1 aliphatic carbocycles. The van der Waals surface area contributed by atoms with E-state index in [1.165, 1.54) is 19.3 Å². The normalized spacial score (nSPS) is 18.1. The first kappa shape index (κ1) is 15.0. The topological polar surface area (TPSA) is 46.3 Å². The highest BCUT2D eigenvalue weighted by Crippen LogP contribution is 2.38. The second kappa shape index (κ2) is 7.37. The van der Waals surface area contributed by atoms with Gasteiger partial charge in [0.1, 0.15) is 0 Å². The number of carbonyl (C=O) groups is 1. The van der Waals surface area contributed by atoms with Crippen molar-refractivity contribution in [2.24, 2.45) is 11.1 Å². The Morgan fingerprint density at radius 3 is 2.17 bits per heavy atom. The Morgan fingerprint density at radius 2 is 1.72 bits per heavy atom. The Labute approximate surface area is 111 Å². The third-order valence-electron chi connectivity index (χ3n) is 3.93. The van der Waals surface area contributed by atoms with E-state index in [9.17, 15) is 4.79 Å². The molecule has 0 aromatic carbocycles. The van der Waals surface area contributed by atoms with E-state index in [-0.39, 0.29) is 11.3 Å². The second-order valence-electron chi connectivity index (χ2n) is 5.32. The molecule has 102 valence electrons. The van der Waals surface area contributed by atoms with Crippen molar-refractivity contribution in [1.29, 1.82) is 0 Å². The molecule has 18 heavy (non-hydrogen) atoms. The van der Waals surface area contributed by atoms with E-state index in [1.54, 1.807) is 17.1 Å². The predicted octanol–water partition coefficient (Wildman–Crippen LogP) is 2.49. The fourth-order valence-electron chi connectivity index (χ4n) is 2.78. The highest BCUT2D eigenvalue weighted by Gasteiger charge is 2.34. The van der Waals surface area contributed by atoms with E-state index in [2.05, 4.69) is 13.2 Å². The number of rotatable bonds is 7. The summed E-state index contributed by atoms with van der Waals surface area (Å²) >= 11 is 0. The van der Waals surface area contributed by atoms with Crippen LogP contribution in [0.25, 0.3) is 0 Å². The molecule has 1 fully saturated rings. The quantitative estimate of drug-likeness (QED) is 0.706. The van der Waals surface area contributed by atoms with Gasteiger partial charge in [0.25, 0.3) is 0 Å². The van der Waals surface area contributed by atoms with Gasteiger partial charge in [-0.3, -0.25) is 4.79 Å². The van der Waals surface area contributed by atoms with Gasteiger partial charge in [-0.05, 0) is 24.8 Å². The molecular weight excluding hydrogens is 224 g/mol. The number of hydrogen-bond donors (Lipinski definition) is 1. The van der Waals surface area contributed by atoms with Crippen LogP contribution in [0.15, 0.2) is 25.3 Å². The zero-order valence-corrected chi connectivity index (χ0v) is 11.4. The van der Waals surface area contributed by atoms with Crippen LogP contribution in [0.3, 0.4) is 0 Å². The van der Waals surface area contributed by atoms with Gasteiger partial charge in [0.15, 0.2) is 0 Å². The first-order valence-electron chi connectivity index (χ1n) is 6.87. The summed E-state index contributed by atoms with van der Waals surface area (Å²) in [5.74, 6) is 0.183. The molecule has 1 amide bonds. The first-order valence-corrected chi connectivity index (χ1v) is 6.87. The highest BCUT2D eigenvalue weighted by molar-refractivity contribution is 5.77. The van der Waals surface area contributed by atoms with Gasteiger partial charge >= 0.3 is 0 Å². The number of hydrogen-bond acceptors (Lipinski definition) is 2. The summed E-state index contributed by atoms with van der Waals surface area (Å²) in [5, 5.41) is 0. The minimum Gasteiger partial charge on any atom is -0.335 e. The molecule has 0 spiro atoms. The van der Waals surface area contributed by atoms with E-state index in [4.69, 9.17) is 5.73 Å². The van der Waals surface area contributed by atoms with Crippen molar-refractivity contribution in [3.63, 3.8) is 0 Å². The van der Waals surface area contributed by atoms with Gasteiger partial charge in [-0.1, -0.05) is 31.4 Å². The molecule has 3 heteroatoms. The van der Waals surface area contributed by atoms with Crippen LogP contribution in [0.2, 0.25) is 0 Å². The van der Waals surface area contributed by atoms with Crippen LogP contribution in [0.1, 0.15) is 38.5 Å². The Balaban J connectivity index is 2.63. The molecule has 0 aromatic rings. The summed E-state index contributed by atoms with van der Waals surface area (Å²) in [6.45, 7) is 9.19. The molecule has 0 bridgehead atoms. The molecule has 0 aliphatic heterocycles. The van der Waals surface area contributed by atoms with E-state index in [0.717, 1.165) is 12.8 Å². The zero-order chi connectivity index (χ0) is 13.4. The summed E-state index contributed by atoms with van der Waals surface area (Å²) in [4.78, 5) is 14.1. The molecule has 0 radical (unpaired) electrons. The lowest BCUT2D eigenvalue weighted by molar-refractivity contribution is -0.133. The molecular formula is C15H26N2O. The smallest absolute Gasteiger partial charge is 0.223 e. The maximum Gasteiger partial charge on any atom is 0.223 e. The molecule has 1 aliphatic rings. The number of nitrogens with zero attached hydrogens (tertiary/aromatic N) is 1. The van der Waals surface area contributed by atoms with Gasteiger partial charge < -0.3 is 10.6 Å². The fourth-order valence-corrected chi connectivity index (χ4v) is 2.78. The average molecular weight is 250 g/mol. The molecule has 1 saturated carbocycles. The van der Waals surface area contributed by atoms with E-state index in [1.807, 2.05) is 0 Å². The molecule has 0 aromatic heterocycles. The minimum atomic E-state index is 0.0376. The molecule has 0 heterocycles. The van der Waals surface area contributed by atoms with Gasteiger partial charge in [-0.15, -0.1) is 13.2 Å². The summed E-state index contributed by atoms with van der Waals surface area (Å²) in [6, 6.07) is 0. The zero-order valence-electron chi connectivity index (χ0n) is 11.4. The molecule has 3 nitrogen and oxygen atoms in total. The Hall–Kier alpha value is -1.09. The Kier molecular flexibility index (Phi) is 6.13. The Morgan fingerprint density at radius 1 is 1.17 bits per heavy atom. The second-order valence-corrected chi connectivity index (χ2v) is 5.32. The molecule has 0 unspecified atom stereocenters. The largest absolute Gasteiger partial charge is 0.335 e. The van der Waals surface area contributed by atoms with Gasteiger partial charge in [-0.2, -0.15) is 0 Å². The van der Waals surface area contributed by atoms with E-state index >= 15 is 0 Å². The molecule has 0 atom stereocenters. The lowest BCUT2D eigenvalue weighted by atomic mass is 9.71.